The minimum Gasteiger partial charge on any atom is -0.478 e. The van der Waals surface area contributed by atoms with Crippen molar-refractivity contribution >= 4 is 23.6 Å². The highest BCUT2D eigenvalue weighted by Crippen LogP contribution is 2.21. The third-order valence-electron chi connectivity index (χ3n) is 3.15. The van der Waals surface area contributed by atoms with Crippen molar-refractivity contribution in [1.29, 1.82) is 0 Å². The first-order valence-electron chi connectivity index (χ1n) is 6.61. The van der Waals surface area contributed by atoms with Crippen molar-refractivity contribution in [3.05, 3.63) is 48.1 Å². The molecule has 0 bridgehead atoms. The highest BCUT2D eigenvalue weighted by atomic mass is 16.4. The van der Waals surface area contributed by atoms with Gasteiger partial charge < -0.3 is 10.4 Å². The Balaban J connectivity index is 1.94. The lowest BCUT2D eigenvalue weighted by atomic mass is 10.0. The molecule has 1 atom stereocenters. The summed E-state index contributed by atoms with van der Waals surface area (Å²) in [6, 6.07) is 7.11. The summed E-state index contributed by atoms with van der Waals surface area (Å²) in [7, 11) is 0. The molecule has 1 aromatic carbocycles. The van der Waals surface area contributed by atoms with Gasteiger partial charge in [0.1, 0.15) is 0 Å². The maximum atomic E-state index is 11.9. The quantitative estimate of drug-likeness (QED) is 0.639. The zero-order chi connectivity index (χ0) is 14.4. The number of anilines is 1. The van der Waals surface area contributed by atoms with Gasteiger partial charge >= 0.3 is 5.97 Å². The molecule has 0 aromatic heterocycles. The first-order valence-corrected chi connectivity index (χ1v) is 6.61. The zero-order valence-electron chi connectivity index (χ0n) is 11.1. The highest BCUT2D eigenvalue weighted by molar-refractivity contribution is 5.91. The number of carboxylic acid groups (broad SMARTS) is 1. The van der Waals surface area contributed by atoms with E-state index in [1.165, 1.54) is 6.08 Å². The fourth-order valence-corrected chi connectivity index (χ4v) is 2.20. The number of carbonyl (C=O) groups excluding carboxylic acids is 1. The summed E-state index contributed by atoms with van der Waals surface area (Å²) in [5.74, 6) is -0.668. The number of carboxylic acids is 1. The number of hydrogen-bond donors (Lipinski definition) is 2. The molecule has 0 aliphatic heterocycles. The second-order valence-electron chi connectivity index (χ2n) is 4.81. The smallest absolute Gasteiger partial charge is 0.328 e. The molecule has 104 valence electrons. The highest BCUT2D eigenvalue weighted by Gasteiger charge is 2.13. The van der Waals surface area contributed by atoms with Gasteiger partial charge in [-0.25, -0.2) is 4.79 Å². The minimum atomic E-state index is -0.993. The minimum absolute atomic E-state index is 0.0130. The van der Waals surface area contributed by atoms with Crippen LogP contribution in [0.2, 0.25) is 0 Å². The van der Waals surface area contributed by atoms with E-state index >= 15 is 0 Å². The van der Waals surface area contributed by atoms with Gasteiger partial charge in [0.05, 0.1) is 0 Å². The number of aliphatic carboxylic acids is 1. The van der Waals surface area contributed by atoms with Gasteiger partial charge in [0.2, 0.25) is 5.91 Å². The third kappa shape index (κ3) is 4.39. The van der Waals surface area contributed by atoms with Gasteiger partial charge in [0, 0.05) is 18.2 Å². The lowest BCUT2D eigenvalue weighted by molar-refractivity contribution is -0.131. The lowest BCUT2D eigenvalue weighted by Gasteiger charge is -2.09. The van der Waals surface area contributed by atoms with Crippen molar-refractivity contribution in [3.63, 3.8) is 0 Å². The van der Waals surface area contributed by atoms with Crippen molar-refractivity contribution in [2.75, 3.05) is 5.32 Å². The fraction of sp³-hybridized carbons (Fsp3) is 0.250. The molecule has 20 heavy (non-hydrogen) atoms. The Kier molecular flexibility index (Phi) is 4.71. The fourth-order valence-electron chi connectivity index (χ4n) is 2.20. The lowest BCUT2D eigenvalue weighted by Crippen LogP contribution is -2.14. The molecular formula is C16H17NO3. The predicted molar refractivity (Wildman–Crippen MR) is 78.2 cm³/mol. The van der Waals surface area contributed by atoms with Gasteiger partial charge in [-0.05, 0) is 42.5 Å². The molecule has 2 N–H and O–H groups in total. The van der Waals surface area contributed by atoms with Crippen molar-refractivity contribution in [2.24, 2.45) is 5.92 Å². The molecule has 1 aliphatic carbocycles. The second kappa shape index (κ2) is 6.70. The first kappa shape index (κ1) is 14.1. The number of hydrogen-bond acceptors (Lipinski definition) is 2. The van der Waals surface area contributed by atoms with Gasteiger partial charge in [-0.2, -0.15) is 0 Å². The van der Waals surface area contributed by atoms with Crippen LogP contribution >= 0.6 is 0 Å². The largest absolute Gasteiger partial charge is 0.478 e. The van der Waals surface area contributed by atoms with E-state index in [-0.39, 0.29) is 5.91 Å². The molecule has 1 amide bonds. The average molecular weight is 271 g/mol. The summed E-state index contributed by atoms with van der Waals surface area (Å²) in [5.41, 5.74) is 1.43. The number of benzene rings is 1. The zero-order valence-corrected chi connectivity index (χ0v) is 11.1. The summed E-state index contributed by atoms with van der Waals surface area (Å²) in [6.07, 6.45) is 9.34. The van der Waals surface area contributed by atoms with Crippen LogP contribution in [0.4, 0.5) is 5.69 Å². The number of rotatable bonds is 5. The molecule has 0 saturated carbocycles. The molecule has 0 saturated heterocycles. The van der Waals surface area contributed by atoms with Crippen LogP contribution in [0.25, 0.3) is 6.08 Å². The SMILES string of the molecule is O=C(O)/C=C/c1cccc(NC(=O)CC2C=CCC2)c1. The molecule has 0 radical (unpaired) electrons. The monoisotopic (exact) mass is 271 g/mol. The number of nitrogens with one attached hydrogen (secondary N) is 1. The van der Waals surface area contributed by atoms with E-state index in [9.17, 15) is 9.59 Å². The van der Waals surface area contributed by atoms with Crippen LogP contribution in [-0.2, 0) is 9.59 Å². The molecule has 0 heterocycles. The van der Waals surface area contributed by atoms with Crippen LogP contribution in [0.15, 0.2) is 42.5 Å². The summed E-state index contributed by atoms with van der Waals surface area (Å²) >= 11 is 0. The molecule has 1 aromatic rings. The van der Waals surface area contributed by atoms with Crippen LogP contribution in [0.1, 0.15) is 24.8 Å². The number of amides is 1. The standard InChI is InChI=1S/C16H17NO3/c18-15(11-12-4-1-2-5-12)17-14-7-3-6-13(10-14)8-9-16(19)20/h1,3-4,6-10,12H,2,5,11H2,(H,17,18)(H,19,20)/b9-8+. The van der Waals surface area contributed by atoms with Crippen LogP contribution in [0.5, 0.6) is 0 Å². The maximum Gasteiger partial charge on any atom is 0.328 e. The summed E-state index contributed by atoms with van der Waals surface area (Å²) < 4.78 is 0. The van der Waals surface area contributed by atoms with Crippen molar-refractivity contribution in [1.82, 2.24) is 0 Å². The van der Waals surface area contributed by atoms with Crippen molar-refractivity contribution in [3.8, 4) is 0 Å². The van der Waals surface area contributed by atoms with Crippen LogP contribution < -0.4 is 5.32 Å². The van der Waals surface area contributed by atoms with Crippen LogP contribution in [0.3, 0.4) is 0 Å². The second-order valence-corrected chi connectivity index (χ2v) is 4.81. The van der Waals surface area contributed by atoms with Crippen LogP contribution in [-0.4, -0.2) is 17.0 Å². The molecule has 4 heteroatoms. The van der Waals surface area contributed by atoms with Crippen molar-refractivity contribution in [2.45, 2.75) is 19.3 Å². The first-order chi connectivity index (χ1) is 9.63. The van der Waals surface area contributed by atoms with E-state index in [1.807, 2.05) is 0 Å². The third-order valence-corrected chi connectivity index (χ3v) is 3.15. The topological polar surface area (TPSA) is 66.4 Å². The Morgan fingerprint density at radius 2 is 2.25 bits per heavy atom. The molecule has 1 aliphatic rings. The van der Waals surface area contributed by atoms with Gasteiger partial charge in [-0.15, -0.1) is 0 Å². The Bertz CT molecular complexity index is 561. The van der Waals surface area contributed by atoms with E-state index in [2.05, 4.69) is 17.5 Å². The average Bonchev–Trinajstić information content (AvgIpc) is 2.89. The Hall–Kier alpha value is -2.36. The predicted octanol–water partition coefficient (Wildman–Crippen LogP) is 3.08. The summed E-state index contributed by atoms with van der Waals surface area (Å²) in [5, 5.41) is 11.4. The van der Waals surface area contributed by atoms with Gasteiger partial charge in [-0.3, -0.25) is 4.79 Å². The Morgan fingerprint density at radius 3 is 2.95 bits per heavy atom. The summed E-state index contributed by atoms with van der Waals surface area (Å²) in [6.45, 7) is 0. The van der Waals surface area contributed by atoms with E-state index in [0.717, 1.165) is 24.5 Å². The van der Waals surface area contributed by atoms with E-state index in [4.69, 9.17) is 5.11 Å². The molecule has 0 spiro atoms. The molecule has 1 unspecified atom stereocenters. The van der Waals surface area contributed by atoms with E-state index < -0.39 is 5.97 Å². The molecule has 4 nitrogen and oxygen atoms in total. The number of allylic oxidation sites excluding steroid dienone is 2. The van der Waals surface area contributed by atoms with Gasteiger partial charge in [0.25, 0.3) is 0 Å². The van der Waals surface area contributed by atoms with Crippen molar-refractivity contribution < 1.29 is 14.7 Å². The molecule has 0 fully saturated rings. The number of carbonyl (C=O) groups is 2. The van der Waals surface area contributed by atoms with E-state index in [1.54, 1.807) is 24.3 Å². The van der Waals surface area contributed by atoms with Gasteiger partial charge in [-0.1, -0.05) is 24.3 Å². The maximum absolute atomic E-state index is 11.9. The Labute approximate surface area is 117 Å². The molecular weight excluding hydrogens is 254 g/mol. The Morgan fingerprint density at radius 1 is 1.40 bits per heavy atom. The summed E-state index contributed by atoms with van der Waals surface area (Å²) in [4.78, 5) is 22.4. The van der Waals surface area contributed by atoms with E-state index in [0.29, 0.717) is 18.0 Å². The normalized spacial score (nSPS) is 17.5. The molecule has 2 rings (SSSR count). The van der Waals surface area contributed by atoms with Gasteiger partial charge in [0.15, 0.2) is 0 Å². The van der Waals surface area contributed by atoms with Crippen LogP contribution in [0, 0.1) is 5.92 Å².